The van der Waals surface area contributed by atoms with Gasteiger partial charge in [-0.3, -0.25) is 0 Å². The Morgan fingerprint density at radius 2 is 2.04 bits per heavy atom. The van der Waals surface area contributed by atoms with Crippen LogP contribution in [0, 0.1) is 12.7 Å². The zero-order chi connectivity index (χ0) is 16.3. The van der Waals surface area contributed by atoms with Gasteiger partial charge in [-0.15, -0.1) is 0 Å². The van der Waals surface area contributed by atoms with Crippen molar-refractivity contribution in [3.8, 4) is 0 Å². The number of benzene rings is 1. The fraction of sp³-hybridized carbons (Fsp3) is 0.389. The lowest BCUT2D eigenvalue weighted by Gasteiger charge is -2.25. The van der Waals surface area contributed by atoms with Crippen LogP contribution in [0.2, 0.25) is 0 Å². The second-order valence-corrected chi connectivity index (χ2v) is 6.94. The summed E-state index contributed by atoms with van der Waals surface area (Å²) in [6.07, 6.45) is 6.14. The van der Waals surface area contributed by atoms with E-state index in [1.54, 1.807) is 10.6 Å². The van der Waals surface area contributed by atoms with Crippen molar-refractivity contribution in [1.29, 1.82) is 0 Å². The third-order valence-electron chi connectivity index (χ3n) is 5.49. The first-order valence-corrected chi connectivity index (χ1v) is 8.42. The van der Waals surface area contributed by atoms with Crippen molar-refractivity contribution >= 4 is 17.3 Å². The Morgan fingerprint density at radius 3 is 2.88 bits per heavy atom. The lowest BCUT2D eigenvalue weighted by atomic mass is 9.81. The zero-order valence-corrected chi connectivity index (χ0v) is 13.5. The average Bonchev–Trinajstić information content (AvgIpc) is 3.28. The van der Waals surface area contributed by atoms with Crippen molar-refractivity contribution in [3.05, 3.63) is 47.7 Å². The highest BCUT2D eigenvalue weighted by Crippen LogP contribution is 2.53. The fourth-order valence-electron chi connectivity index (χ4n) is 4.46. The number of hydrogen-bond donors (Lipinski definition) is 0. The largest absolute Gasteiger partial charge is 0.322 e. The van der Waals surface area contributed by atoms with Gasteiger partial charge in [-0.25, -0.2) is 9.37 Å². The molecule has 3 aromatic rings. The van der Waals surface area contributed by atoms with E-state index in [-0.39, 0.29) is 11.2 Å². The Morgan fingerprint density at radius 1 is 1.21 bits per heavy atom. The molecule has 2 aromatic heterocycles. The first-order chi connectivity index (χ1) is 11.7. The summed E-state index contributed by atoms with van der Waals surface area (Å²) in [6, 6.07) is 7.44. The molecule has 0 N–H and O–H groups in total. The molecule has 6 heteroatoms. The molecular formula is C18H18FN5. The Bertz CT molecular complexity index is 942. The van der Waals surface area contributed by atoms with Crippen molar-refractivity contribution in [2.24, 2.45) is 0 Å². The number of rotatable bonds is 1. The second-order valence-electron chi connectivity index (χ2n) is 6.94. The monoisotopic (exact) mass is 323 g/mol. The molecule has 1 aliphatic heterocycles. The second kappa shape index (κ2) is 4.75. The molecule has 0 bridgehead atoms. The van der Waals surface area contributed by atoms with E-state index < -0.39 is 0 Å². The molecule has 2 aliphatic rings. The van der Waals surface area contributed by atoms with Crippen LogP contribution in [0.1, 0.15) is 36.9 Å². The molecular weight excluding hydrogens is 305 g/mol. The minimum atomic E-state index is -0.168. The summed E-state index contributed by atoms with van der Waals surface area (Å²) >= 11 is 0. The molecule has 5 nitrogen and oxygen atoms in total. The maximum atomic E-state index is 14.8. The number of halogens is 1. The SMILES string of the molecule is Cc1cc(N2CC3(CCCC3)c3cccc(F)c32)n2ncnc2n1. The van der Waals surface area contributed by atoms with E-state index in [2.05, 4.69) is 26.0 Å². The van der Waals surface area contributed by atoms with Gasteiger partial charge in [0.25, 0.3) is 5.78 Å². The maximum absolute atomic E-state index is 14.8. The molecule has 122 valence electrons. The minimum absolute atomic E-state index is 0.0571. The summed E-state index contributed by atoms with van der Waals surface area (Å²) in [5.74, 6) is 1.22. The van der Waals surface area contributed by atoms with Crippen molar-refractivity contribution in [2.45, 2.75) is 38.0 Å². The summed E-state index contributed by atoms with van der Waals surface area (Å²) in [7, 11) is 0. The zero-order valence-electron chi connectivity index (χ0n) is 13.5. The van der Waals surface area contributed by atoms with Crippen LogP contribution in [0.3, 0.4) is 0 Å². The van der Waals surface area contributed by atoms with Crippen LogP contribution in [0.25, 0.3) is 5.78 Å². The molecule has 0 atom stereocenters. The number of nitrogens with zero attached hydrogens (tertiary/aromatic N) is 5. The number of anilines is 2. The van der Waals surface area contributed by atoms with Crippen molar-refractivity contribution in [3.63, 3.8) is 0 Å². The molecule has 24 heavy (non-hydrogen) atoms. The number of hydrogen-bond acceptors (Lipinski definition) is 4. The summed E-state index contributed by atoms with van der Waals surface area (Å²) in [4.78, 5) is 10.7. The van der Waals surface area contributed by atoms with Gasteiger partial charge >= 0.3 is 0 Å². The van der Waals surface area contributed by atoms with Crippen LogP contribution in [0.5, 0.6) is 0 Å². The highest BCUT2D eigenvalue weighted by Gasteiger charge is 2.46. The van der Waals surface area contributed by atoms with Gasteiger partial charge in [-0.2, -0.15) is 14.6 Å². The van der Waals surface area contributed by atoms with Crippen LogP contribution in [-0.4, -0.2) is 26.1 Å². The van der Waals surface area contributed by atoms with E-state index in [0.717, 1.165) is 36.5 Å². The molecule has 1 aliphatic carbocycles. The standard InChI is InChI=1S/C18H18FN5/c1-12-9-15(24-17(22-12)20-11-21-24)23-10-18(7-2-3-8-18)13-5-4-6-14(19)16(13)23/h4-6,9,11H,2-3,7-8,10H2,1H3. The van der Waals surface area contributed by atoms with Gasteiger partial charge in [-0.05, 0) is 31.4 Å². The first-order valence-electron chi connectivity index (χ1n) is 8.42. The predicted octanol–water partition coefficient (Wildman–Crippen LogP) is 3.54. The molecule has 1 spiro atoms. The molecule has 0 amide bonds. The van der Waals surface area contributed by atoms with Gasteiger partial charge < -0.3 is 4.90 Å². The summed E-state index contributed by atoms with van der Waals surface area (Å²) in [5.41, 5.74) is 2.75. The molecule has 0 unspecified atom stereocenters. The van der Waals surface area contributed by atoms with E-state index in [1.807, 2.05) is 19.1 Å². The predicted molar refractivity (Wildman–Crippen MR) is 89.1 cm³/mol. The van der Waals surface area contributed by atoms with Crippen molar-refractivity contribution in [2.75, 3.05) is 11.4 Å². The van der Waals surface area contributed by atoms with Gasteiger partial charge in [0, 0.05) is 23.7 Å². The van der Waals surface area contributed by atoms with Crippen LogP contribution >= 0.6 is 0 Å². The smallest absolute Gasteiger partial charge is 0.254 e. The highest BCUT2D eigenvalue weighted by molar-refractivity contribution is 5.72. The molecule has 3 heterocycles. The van der Waals surface area contributed by atoms with Gasteiger partial charge in [-0.1, -0.05) is 25.0 Å². The van der Waals surface area contributed by atoms with Gasteiger partial charge in [0.1, 0.15) is 18.0 Å². The fourth-order valence-corrected chi connectivity index (χ4v) is 4.46. The maximum Gasteiger partial charge on any atom is 0.254 e. The molecule has 1 saturated carbocycles. The van der Waals surface area contributed by atoms with Crippen LogP contribution in [0.15, 0.2) is 30.6 Å². The van der Waals surface area contributed by atoms with E-state index in [1.165, 1.54) is 19.2 Å². The highest BCUT2D eigenvalue weighted by atomic mass is 19.1. The Hall–Kier alpha value is -2.50. The van der Waals surface area contributed by atoms with E-state index in [9.17, 15) is 4.39 Å². The first kappa shape index (κ1) is 13.9. The lowest BCUT2D eigenvalue weighted by Crippen LogP contribution is -2.29. The van der Waals surface area contributed by atoms with E-state index in [4.69, 9.17) is 0 Å². The van der Waals surface area contributed by atoms with Crippen LogP contribution in [0.4, 0.5) is 15.9 Å². The topological polar surface area (TPSA) is 46.3 Å². The van der Waals surface area contributed by atoms with Crippen LogP contribution in [-0.2, 0) is 5.41 Å². The molecule has 0 saturated heterocycles. The van der Waals surface area contributed by atoms with Crippen molar-refractivity contribution in [1.82, 2.24) is 19.6 Å². The number of fused-ring (bicyclic) bond motifs is 3. The normalized spacial score (nSPS) is 18.7. The van der Waals surface area contributed by atoms with Gasteiger partial charge in [0.2, 0.25) is 0 Å². The molecule has 5 rings (SSSR count). The van der Waals surface area contributed by atoms with Gasteiger partial charge in [0.15, 0.2) is 0 Å². The van der Waals surface area contributed by atoms with Crippen LogP contribution < -0.4 is 4.90 Å². The third kappa shape index (κ3) is 1.76. The average molecular weight is 323 g/mol. The Balaban J connectivity index is 1.76. The summed E-state index contributed by atoms with van der Waals surface area (Å²) in [5, 5.41) is 4.30. The van der Waals surface area contributed by atoms with Gasteiger partial charge in [0.05, 0.1) is 5.69 Å². The summed E-state index contributed by atoms with van der Waals surface area (Å²) < 4.78 is 16.5. The minimum Gasteiger partial charge on any atom is -0.322 e. The Kier molecular flexibility index (Phi) is 2.75. The lowest BCUT2D eigenvalue weighted by molar-refractivity contribution is 0.476. The molecule has 1 aromatic carbocycles. The van der Waals surface area contributed by atoms with Crippen molar-refractivity contribution < 1.29 is 4.39 Å². The Labute approximate surface area is 139 Å². The molecule has 0 radical (unpaired) electrons. The quantitative estimate of drug-likeness (QED) is 0.687. The van der Waals surface area contributed by atoms with E-state index >= 15 is 0 Å². The summed E-state index contributed by atoms with van der Waals surface area (Å²) in [6.45, 7) is 2.73. The molecule has 1 fully saturated rings. The number of para-hydroxylation sites is 1. The number of aromatic nitrogens is 4. The van der Waals surface area contributed by atoms with E-state index in [0.29, 0.717) is 11.5 Å². The number of aryl methyl sites for hydroxylation is 1. The third-order valence-corrected chi connectivity index (χ3v) is 5.49.